The zero-order valence-corrected chi connectivity index (χ0v) is 59.5. The lowest BCUT2D eigenvalue weighted by atomic mass is 10.1. The molecule has 0 saturated carbocycles. The summed E-state index contributed by atoms with van der Waals surface area (Å²) in [5, 5.41) is 28.0. The van der Waals surface area contributed by atoms with Gasteiger partial charge in [0.05, 0.1) is 13.1 Å². The van der Waals surface area contributed by atoms with Gasteiger partial charge in [-0.15, -0.1) is 5.48 Å². The predicted octanol–water partition coefficient (Wildman–Crippen LogP) is -10.3. The molecule has 0 aromatic carbocycles. The zero-order valence-electron chi connectivity index (χ0n) is 59.5. The van der Waals surface area contributed by atoms with Gasteiger partial charge in [0.25, 0.3) is 0 Å². The van der Waals surface area contributed by atoms with Gasteiger partial charge in [-0.05, 0) is 13.0 Å². The van der Waals surface area contributed by atoms with Crippen molar-refractivity contribution < 1.29 is 62.4 Å². The highest BCUT2D eigenvalue weighted by molar-refractivity contribution is 5.80. The van der Waals surface area contributed by atoms with Crippen LogP contribution in [0.3, 0.4) is 0 Å². The van der Waals surface area contributed by atoms with Crippen LogP contribution in [0.5, 0.6) is 0 Å². The van der Waals surface area contributed by atoms with Crippen LogP contribution in [0.1, 0.15) is 89.9 Å². The summed E-state index contributed by atoms with van der Waals surface area (Å²) in [6.07, 6.45) is 1.71. The number of rotatable bonds is 68. The summed E-state index contributed by atoms with van der Waals surface area (Å²) < 4.78 is 0. The van der Waals surface area contributed by atoms with Crippen molar-refractivity contribution in [1.82, 2.24) is 88.0 Å². The minimum atomic E-state index is -0.566. The number of nitrogens with one attached hydrogen (secondary N) is 11. The second-order valence-corrected chi connectivity index (χ2v) is 23.5. The van der Waals surface area contributed by atoms with E-state index in [1.54, 1.807) is 0 Å². The molecule has 0 bridgehead atoms. The first-order chi connectivity index (χ1) is 48.2. The fourth-order valence-corrected chi connectivity index (χ4v) is 9.65. The molecule has 0 aliphatic heterocycles. The van der Waals surface area contributed by atoms with E-state index >= 15 is 0 Å². The summed E-state index contributed by atoms with van der Waals surface area (Å²) in [4.78, 5) is 171. The van der Waals surface area contributed by atoms with Crippen molar-refractivity contribution in [2.45, 2.75) is 89.9 Å². The van der Waals surface area contributed by atoms with Crippen LogP contribution in [0, 0.1) is 0 Å². The number of Topliss-reactive ketones (excluding diaryl/α,β-unsaturated/α-hetero) is 1. The number of carbonyl (C=O) groups excluding carboxylic acids is 12. The summed E-state index contributed by atoms with van der Waals surface area (Å²) in [6.45, 7) is 9.75. The molecule has 0 atom stereocenters. The lowest BCUT2D eigenvalue weighted by Crippen LogP contribution is -2.43. The van der Waals surface area contributed by atoms with Gasteiger partial charge in [0.15, 0.2) is 0 Å². The lowest BCUT2D eigenvalue weighted by Gasteiger charge is -2.28. The van der Waals surface area contributed by atoms with E-state index in [0.717, 1.165) is 0 Å². The molecule has 0 aromatic rings. The second-order valence-electron chi connectivity index (χ2n) is 23.5. The molecule has 38 nitrogen and oxygen atoms in total. The van der Waals surface area contributed by atoms with Crippen LogP contribution in [0.2, 0.25) is 0 Å². The summed E-state index contributed by atoms with van der Waals surface area (Å²) in [7, 11) is 0. The number of hydroxylamine groups is 1. The number of hydrogen-bond donors (Lipinski definition) is 19. The van der Waals surface area contributed by atoms with Crippen molar-refractivity contribution >= 4 is 70.8 Å². The minimum absolute atomic E-state index is 0.00405. The van der Waals surface area contributed by atoms with Gasteiger partial charge in [-0.3, -0.25) is 57.5 Å². The molecule has 0 spiro atoms. The monoisotopic (exact) mass is 1430 g/mol. The van der Waals surface area contributed by atoms with Gasteiger partial charge in [-0.2, -0.15) is 0 Å². The molecule has 38 heteroatoms. The lowest BCUT2D eigenvalue weighted by molar-refractivity contribution is -0.151. The predicted molar refractivity (Wildman–Crippen MR) is 380 cm³/mol. The SMILES string of the molecule is NCCNC(=O)CCN(CCCC(=O)CCN(CCC(=O)NCCN(CCC(=O)NCCN)CCC(=O)NCCN)CCN(CCC(=O)NCCN(CCC(=O)NCCN)CCC(=O)NCCN)CCC(=O)NCCN(CCC(=O)NCCN)CCC(=O)ONCN)CCC(=O)NCCN. The fraction of sp³-hybridized carbons (Fsp3) is 0.806. The maximum absolute atomic E-state index is 13.8. The van der Waals surface area contributed by atoms with Gasteiger partial charge in [0, 0.05) is 300 Å². The summed E-state index contributed by atoms with van der Waals surface area (Å²) >= 11 is 0. The van der Waals surface area contributed by atoms with E-state index in [1.807, 2.05) is 29.4 Å². The third-order valence-corrected chi connectivity index (χ3v) is 15.3. The normalized spacial score (nSPS) is 11.3. The van der Waals surface area contributed by atoms with E-state index in [2.05, 4.69) is 58.6 Å². The Kier molecular flexibility index (Phi) is 60.0. The molecule has 0 radical (unpaired) electrons. The van der Waals surface area contributed by atoms with Gasteiger partial charge in [0.2, 0.25) is 59.1 Å². The van der Waals surface area contributed by atoms with Gasteiger partial charge in [-0.1, -0.05) is 0 Å². The molecular formula is C62H127N25O13. The number of hydrogen-bond acceptors (Lipinski definition) is 28. The van der Waals surface area contributed by atoms with Crippen molar-refractivity contribution in [2.24, 2.45) is 45.9 Å². The first-order valence-electron chi connectivity index (χ1n) is 35.3. The topological polar surface area (TPSA) is 574 Å². The number of ketones is 1. The highest BCUT2D eigenvalue weighted by atomic mass is 16.7. The van der Waals surface area contributed by atoms with E-state index < -0.39 is 5.97 Å². The van der Waals surface area contributed by atoms with E-state index in [9.17, 15) is 57.5 Å². The largest absolute Gasteiger partial charge is 0.369 e. The number of nitrogens with two attached hydrogens (primary N) is 8. The zero-order chi connectivity index (χ0) is 74.2. The third-order valence-electron chi connectivity index (χ3n) is 15.3. The van der Waals surface area contributed by atoms with Crippen LogP contribution in [-0.2, 0) is 62.4 Å². The maximum Gasteiger partial charge on any atom is 0.326 e. The maximum atomic E-state index is 13.8. The first kappa shape index (κ1) is 93.2. The Morgan fingerprint density at radius 2 is 0.420 bits per heavy atom. The Hall–Kier alpha value is -6.76. The van der Waals surface area contributed by atoms with Crippen molar-refractivity contribution in [1.29, 1.82) is 0 Å². The summed E-state index contributed by atoms with van der Waals surface area (Å²) in [6, 6.07) is 0. The molecule has 27 N–H and O–H groups in total. The highest BCUT2D eigenvalue weighted by Gasteiger charge is 2.20. The molecule has 0 fully saturated rings. The van der Waals surface area contributed by atoms with Crippen LogP contribution in [-0.4, -0.2) is 336 Å². The minimum Gasteiger partial charge on any atom is -0.369 e. The molecule has 578 valence electrons. The Morgan fingerprint density at radius 1 is 0.220 bits per heavy atom. The Labute approximate surface area is 590 Å². The standard InChI is InChI=1S/C62H127N25O13/c63-15-22-71-52(89)4-34-82(35-5-53(90)72-23-16-64)32-1-2-51(88)3-33-86(41-11-59(96)78-29-45-83(36-6-54(91)73-24-17-65)37-7-55(92)74-25-18-66)48-49-87(42-12-60(97)79-30-46-84(38-8-56(93)75-26-19-67)39-9-57(94)76-27-20-68)43-13-61(98)80-31-47-85(40-10-58(95)77-28-21-69)44-14-62(99)100-81-50-70/h81H,1-50,63-70H2,(H,71,89)(H,72,90)(H,73,91)(H,74,92)(H,75,93)(H,76,94)(H,77,95)(H,78,96)(H,79,97)(H,80,98). The first-order valence-corrected chi connectivity index (χ1v) is 35.3. The van der Waals surface area contributed by atoms with Crippen molar-refractivity contribution in [3.8, 4) is 0 Å². The Bertz CT molecular complexity index is 1890. The van der Waals surface area contributed by atoms with E-state index in [1.165, 1.54) is 0 Å². The van der Waals surface area contributed by atoms with Gasteiger partial charge in [-0.25, -0.2) is 0 Å². The van der Waals surface area contributed by atoms with Crippen molar-refractivity contribution in [3.63, 3.8) is 0 Å². The van der Waals surface area contributed by atoms with Crippen LogP contribution < -0.4 is 105 Å². The number of nitrogens with zero attached hydrogens (tertiary/aromatic N) is 6. The average Bonchev–Trinajstić information content (AvgIpc) is 1.08. The molecule has 0 rings (SSSR count). The molecule has 100 heavy (non-hydrogen) atoms. The smallest absolute Gasteiger partial charge is 0.326 e. The quantitative estimate of drug-likeness (QED) is 0.0199. The van der Waals surface area contributed by atoms with E-state index in [0.29, 0.717) is 118 Å². The molecule has 0 unspecified atom stereocenters. The van der Waals surface area contributed by atoms with E-state index in [-0.39, 0.29) is 273 Å². The summed E-state index contributed by atoms with van der Waals surface area (Å²) in [5.74, 6) is -2.99. The van der Waals surface area contributed by atoms with Gasteiger partial charge >= 0.3 is 5.97 Å². The summed E-state index contributed by atoms with van der Waals surface area (Å²) in [5.41, 5.74) is 46.6. The Morgan fingerprint density at radius 3 is 0.650 bits per heavy atom. The highest BCUT2D eigenvalue weighted by Crippen LogP contribution is 2.07. The van der Waals surface area contributed by atoms with Crippen molar-refractivity contribution in [2.75, 3.05) is 236 Å². The van der Waals surface area contributed by atoms with Crippen LogP contribution in [0.15, 0.2) is 0 Å². The molecular weight excluding hydrogens is 1300 g/mol. The molecule has 0 aliphatic carbocycles. The molecule has 0 saturated heterocycles. The fourth-order valence-electron chi connectivity index (χ4n) is 9.65. The molecule has 10 amide bonds. The average molecular weight is 1430 g/mol. The molecule has 0 aromatic heterocycles. The molecule has 0 heterocycles. The van der Waals surface area contributed by atoms with Gasteiger partial charge in [0.1, 0.15) is 5.78 Å². The van der Waals surface area contributed by atoms with Gasteiger partial charge < -0.3 is 133 Å². The van der Waals surface area contributed by atoms with Crippen LogP contribution in [0.25, 0.3) is 0 Å². The van der Waals surface area contributed by atoms with Crippen LogP contribution >= 0.6 is 0 Å². The number of carbonyl (C=O) groups is 12. The second kappa shape index (κ2) is 64.3. The molecule has 0 aliphatic rings. The third kappa shape index (κ3) is 56.9. The number of amides is 10. The Balaban J connectivity index is 6.81. The van der Waals surface area contributed by atoms with Crippen LogP contribution in [0.4, 0.5) is 0 Å². The van der Waals surface area contributed by atoms with E-state index in [4.69, 9.17) is 50.7 Å². The van der Waals surface area contributed by atoms with Crippen molar-refractivity contribution in [3.05, 3.63) is 0 Å².